The van der Waals surface area contributed by atoms with E-state index in [2.05, 4.69) is 4.90 Å². The summed E-state index contributed by atoms with van der Waals surface area (Å²) < 4.78 is 21.5. The van der Waals surface area contributed by atoms with Crippen LogP contribution in [0.5, 0.6) is 11.5 Å². The van der Waals surface area contributed by atoms with E-state index in [1.165, 1.54) is 0 Å². The molecule has 1 heterocycles. The Bertz CT molecular complexity index is 425. The number of aliphatic hydroxyl groups is 1. The first-order chi connectivity index (χ1) is 10.7. The molecule has 0 amide bonds. The van der Waals surface area contributed by atoms with Crippen LogP contribution in [0.15, 0.2) is 24.3 Å². The smallest absolute Gasteiger partial charge is 0.119 e. The first-order valence-electron chi connectivity index (χ1n) is 7.49. The molecule has 1 aromatic rings. The SMILES string of the molecule is COCC(O)CN1CCOC(COc2ccc(OC)cc2)C1. The fourth-order valence-corrected chi connectivity index (χ4v) is 2.45. The molecule has 0 radical (unpaired) electrons. The molecule has 1 saturated heterocycles. The standard InChI is InChI=1S/C16H25NO5/c1-19-11-13(18)9-17-7-8-21-16(10-17)12-22-15-5-3-14(20-2)4-6-15/h3-6,13,16,18H,7-12H2,1-2H3. The fourth-order valence-electron chi connectivity index (χ4n) is 2.45. The van der Waals surface area contributed by atoms with Gasteiger partial charge in [0.25, 0.3) is 0 Å². The lowest BCUT2D eigenvalue weighted by Gasteiger charge is -2.33. The highest BCUT2D eigenvalue weighted by molar-refractivity contribution is 5.31. The van der Waals surface area contributed by atoms with Crippen LogP contribution in [-0.4, -0.2) is 75.9 Å². The van der Waals surface area contributed by atoms with Gasteiger partial charge in [0.1, 0.15) is 24.2 Å². The Morgan fingerprint density at radius 1 is 1.27 bits per heavy atom. The topological polar surface area (TPSA) is 60.4 Å². The van der Waals surface area contributed by atoms with Crippen molar-refractivity contribution in [3.8, 4) is 11.5 Å². The van der Waals surface area contributed by atoms with Crippen molar-refractivity contribution in [1.82, 2.24) is 4.90 Å². The van der Waals surface area contributed by atoms with E-state index in [9.17, 15) is 5.11 Å². The van der Waals surface area contributed by atoms with E-state index < -0.39 is 6.10 Å². The molecule has 1 aliphatic rings. The Labute approximate surface area is 131 Å². The molecule has 0 bridgehead atoms. The molecular weight excluding hydrogens is 286 g/mol. The van der Waals surface area contributed by atoms with E-state index in [0.29, 0.717) is 26.4 Å². The van der Waals surface area contributed by atoms with Gasteiger partial charge in [-0.3, -0.25) is 4.90 Å². The van der Waals surface area contributed by atoms with Gasteiger partial charge >= 0.3 is 0 Å². The predicted molar refractivity (Wildman–Crippen MR) is 82.6 cm³/mol. The maximum atomic E-state index is 9.79. The summed E-state index contributed by atoms with van der Waals surface area (Å²) >= 11 is 0. The molecular formula is C16H25NO5. The summed E-state index contributed by atoms with van der Waals surface area (Å²) in [6.45, 7) is 3.65. The summed E-state index contributed by atoms with van der Waals surface area (Å²) in [6, 6.07) is 7.48. The Kier molecular flexibility index (Phi) is 6.92. The van der Waals surface area contributed by atoms with Crippen LogP contribution in [0.4, 0.5) is 0 Å². The monoisotopic (exact) mass is 311 g/mol. The number of aliphatic hydroxyl groups excluding tert-OH is 1. The first-order valence-corrected chi connectivity index (χ1v) is 7.49. The molecule has 1 aromatic carbocycles. The van der Waals surface area contributed by atoms with Crippen molar-refractivity contribution in [3.05, 3.63) is 24.3 Å². The van der Waals surface area contributed by atoms with Crippen LogP contribution in [0.1, 0.15) is 0 Å². The Balaban J connectivity index is 1.75. The summed E-state index contributed by atoms with van der Waals surface area (Å²) in [7, 11) is 3.23. The highest BCUT2D eigenvalue weighted by Gasteiger charge is 2.22. The van der Waals surface area contributed by atoms with E-state index in [-0.39, 0.29) is 6.10 Å². The molecule has 2 atom stereocenters. The molecule has 0 aromatic heterocycles. The minimum atomic E-state index is -0.466. The molecule has 6 nitrogen and oxygen atoms in total. The third-order valence-corrected chi connectivity index (χ3v) is 3.55. The number of ether oxygens (including phenoxy) is 4. The van der Waals surface area contributed by atoms with Gasteiger partial charge in [-0.1, -0.05) is 0 Å². The highest BCUT2D eigenvalue weighted by Crippen LogP contribution is 2.18. The molecule has 1 N–H and O–H groups in total. The van der Waals surface area contributed by atoms with Gasteiger partial charge < -0.3 is 24.1 Å². The largest absolute Gasteiger partial charge is 0.497 e. The molecule has 1 fully saturated rings. The summed E-state index contributed by atoms with van der Waals surface area (Å²) in [5, 5.41) is 9.79. The minimum Gasteiger partial charge on any atom is -0.497 e. The number of methoxy groups -OCH3 is 2. The lowest BCUT2D eigenvalue weighted by molar-refractivity contribution is -0.0625. The number of benzene rings is 1. The van der Waals surface area contributed by atoms with Gasteiger partial charge in [0.05, 0.1) is 26.4 Å². The quantitative estimate of drug-likeness (QED) is 0.766. The molecule has 0 saturated carbocycles. The maximum Gasteiger partial charge on any atom is 0.119 e. The van der Waals surface area contributed by atoms with Crippen molar-refractivity contribution in [2.75, 3.05) is 53.7 Å². The summed E-state index contributed by atoms with van der Waals surface area (Å²) in [4.78, 5) is 2.18. The van der Waals surface area contributed by atoms with Gasteiger partial charge in [-0.05, 0) is 24.3 Å². The van der Waals surface area contributed by atoms with Crippen LogP contribution in [0.3, 0.4) is 0 Å². The number of nitrogens with zero attached hydrogens (tertiary/aromatic N) is 1. The van der Waals surface area contributed by atoms with Crippen molar-refractivity contribution < 1.29 is 24.1 Å². The summed E-state index contributed by atoms with van der Waals surface area (Å²) in [5.41, 5.74) is 0. The number of hydrogen-bond acceptors (Lipinski definition) is 6. The molecule has 124 valence electrons. The second-order valence-electron chi connectivity index (χ2n) is 5.35. The van der Waals surface area contributed by atoms with Gasteiger partial charge in [-0.15, -0.1) is 0 Å². The summed E-state index contributed by atoms with van der Waals surface area (Å²) in [6.07, 6.45) is -0.461. The van der Waals surface area contributed by atoms with Crippen molar-refractivity contribution in [1.29, 1.82) is 0 Å². The predicted octanol–water partition coefficient (Wildman–Crippen LogP) is 0.782. The van der Waals surface area contributed by atoms with Gasteiger partial charge in [0.2, 0.25) is 0 Å². The zero-order valence-electron chi connectivity index (χ0n) is 13.2. The average Bonchev–Trinajstić information content (AvgIpc) is 2.54. The zero-order chi connectivity index (χ0) is 15.8. The van der Waals surface area contributed by atoms with Gasteiger partial charge in [-0.2, -0.15) is 0 Å². The van der Waals surface area contributed by atoms with Crippen molar-refractivity contribution >= 4 is 0 Å². The van der Waals surface area contributed by atoms with E-state index in [4.69, 9.17) is 18.9 Å². The third kappa shape index (κ3) is 5.46. The number of rotatable bonds is 8. The molecule has 1 aliphatic heterocycles. The van der Waals surface area contributed by atoms with Gasteiger partial charge in [0, 0.05) is 26.7 Å². The van der Waals surface area contributed by atoms with E-state index in [1.807, 2.05) is 24.3 Å². The molecule has 22 heavy (non-hydrogen) atoms. The van der Waals surface area contributed by atoms with Gasteiger partial charge in [-0.25, -0.2) is 0 Å². The highest BCUT2D eigenvalue weighted by atomic mass is 16.5. The van der Waals surface area contributed by atoms with Crippen molar-refractivity contribution in [2.45, 2.75) is 12.2 Å². The van der Waals surface area contributed by atoms with Crippen LogP contribution < -0.4 is 9.47 Å². The normalized spacial score (nSPS) is 20.6. The number of β-amino-alcohol motifs (C(OH)–C–C–N with tert-alkyl or cyclic N) is 1. The Morgan fingerprint density at radius 2 is 2.00 bits per heavy atom. The molecule has 2 rings (SSSR count). The lowest BCUT2D eigenvalue weighted by atomic mass is 10.2. The van der Waals surface area contributed by atoms with Crippen LogP contribution in [0.25, 0.3) is 0 Å². The minimum absolute atomic E-state index is 0.00518. The van der Waals surface area contributed by atoms with Gasteiger partial charge in [0.15, 0.2) is 0 Å². The van der Waals surface area contributed by atoms with Crippen LogP contribution in [0, 0.1) is 0 Å². The molecule has 6 heteroatoms. The Morgan fingerprint density at radius 3 is 2.68 bits per heavy atom. The first kappa shape index (κ1) is 17.0. The molecule has 0 spiro atoms. The lowest BCUT2D eigenvalue weighted by Crippen LogP contribution is -2.48. The second-order valence-corrected chi connectivity index (χ2v) is 5.35. The van der Waals surface area contributed by atoms with Crippen molar-refractivity contribution in [2.24, 2.45) is 0 Å². The maximum absolute atomic E-state index is 9.79. The van der Waals surface area contributed by atoms with Crippen LogP contribution in [0.2, 0.25) is 0 Å². The fraction of sp³-hybridized carbons (Fsp3) is 0.625. The third-order valence-electron chi connectivity index (χ3n) is 3.55. The van der Waals surface area contributed by atoms with E-state index in [0.717, 1.165) is 24.6 Å². The van der Waals surface area contributed by atoms with E-state index >= 15 is 0 Å². The van der Waals surface area contributed by atoms with E-state index in [1.54, 1.807) is 14.2 Å². The average molecular weight is 311 g/mol. The van der Waals surface area contributed by atoms with Crippen LogP contribution in [-0.2, 0) is 9.47 Å². The Hall–Kier alpha value is -1.34. The molecule has 0 aliphatic carbocycles. The number of hydrogen-bond donors (Lipinski definition) is 1. The zero-order valence-corrected chi connectivity index (χ0v) is 13.2. The summed E-state index contributed by atoms with van der Waals surface area (Å²) in [5.74, 6) is 1.60. The molecule has 2 unspecified atom stereocenters. The second kappa shape index (κ2) is 8.95. The van der Waals surface area contributed by atoms with Crippen LogP contribution >= 0.6 is 0 Å². The number of morpholine rings is 1. The van der Waals surface area contributed by atoms with Crippen molar-refractivity contribution in [3.63, 3.8) is 0 Å².